The lowest BCUT2D eigenvalue weighted by Gasteiger charge is -2.15. The van der Waals surface area contributed by atoms with E-state index in [1.807, 2.05) is 39.0 Å². The van der Waals surface area contributed by atoms with Crippen molar-refractivity contribution in [1.82, 2.24) is 4.98 Å². The van der Waals surface area contributed by atoms with Crippen molar-refractivity contribution < 1.29 is 13.2 Å². The molecule has 0 saturated carbocycles. The number of nitrogens with one attached hydrogen (secondary N) is 2. The fourth-order valence-electron chi connectivity index (χ4n) is 3.97. The number of fused-ring (bicyclic) bond motifs is 3. The maximum Gasteiger partial charge on any atom is 0.262 e. The van der Waals surface area contributed by atoms with E-state index in [1.54, 1.807) is 12.1 Å². The molecule has 6 heteroatoms. The van der Waals surface area contributed by atoms with Crippen LogP contribution in [-0.2, 0) is 22.9 Å². The summed E-state index contributed by atoms with van der Waals surface area (Å²) in [5.74, 6) is 0.138. The minimum Gasteiger partial charge on any atom is -0.358 e. The first-order valence-electron chi connectivity index (χ1n) is 9.61. The molecule has 2 aromatic carbocycles. The van der Waals surface area contributed by atoms with Gasteiger partial charge in [-0.05, 0) is 68.0 Å². The number of H-pyrrole nitrogens is 1. The Morgan fingerprint density at radius 3 is 2.68 bits per heavy atom. The number of sulfonamides is 1. The summed E-state index contributed by atoms with van der Waals surface area (Å²) in [4.78, 5) is 15.9. The van der Waals surface area contributed by atoms with Crippen LogP contribution in [0.4, 0.5) is 5.69 Å². The topological polar surface area (TPSA) is 79.0 Å². The molecule has 3 aromatic rings. The van der Waals surface area contributed by atoms with Crippen LogP contribution in [0.5, 0.6) is 0 Å². The van der Waals surface area contributed by atoms with Crippen molar-refractivity contribution in [2.75, 3.05) is 4.72 Å². The highest BCUT2D eigenvalue weighted by molar-refractivity contribution is 7.92. The van der Waals surface area contributed by atoms with Gasteiger partial charge in [0.15, 0.2) is 5.78 Å². The molecule has 0 bridgehead atoms. The summed E-state index contributed by atoms with van der Waals surface area (Å²) in [6, 6.07) is 9.11. The lowest BCUT2D eigenvalue weighted by atomic mass is 9.94. The molecular weight excluding hydrogens is 372 g/mol. The number of hydrogen-bond donors (Lipinski definition) is 2. The molecule has 0 amide bonds. The van der Waals surface area contributed by atoms with Crippen molar-refractivity contribution in [2.24, 2.45) is 0 Å². The number of Topliss-reactive ketones (excluding diaryl/α,β-unsaturated/α-hetero) is 1. The largest absolute Gasteiger partial charge is 0.358 e. The van der Waals surface area contributed by atoms with E-state index < -0.39 is 10.0 Å². The van der Waals surface area contributed by atoms with Crippen LogP contribution in [0.1, 0.15) is 52.5 Å². The van der Waals surface area contributed by atoms with Gasteiger partial charge in [0.25, 0.3) is 10.0 Å². The van der Waals surface area contributed by atoms with Gasteiger partial charge in [0, 0.05) is 28.6 Å². The van der Waals surface area contributed by atoms with Gasteiger partial charge < -0.3 is 4.98 Å². The van der Waals surface area contributed by atoms with Gasteiger partial charge in [-0.1, -0.05) is 19.1 Å². The molecule has 1 aliphatic carbocycles. The van der Waals surface area contributed by atoms with E-state index in [0.29, 0.717) is 29.6 Å². The lowest BCUT2D eigenvalue weighted by molar-refractivity contribution is 0.0974. The molecule has 4 rings (SSSR count). The average molecular weight is 397 g/mol. The van der Waals surface area contributed by atoms with Gasteiger partial charge in [-0.15, -0.1) is 0 Å². The van der Waals surface area contributed by atoms with Crippen molar-refractivity contribution in [3.05, 3.63) is 58.3 Å². The van der Waals surface area contributed by atoms with Crippen LogP contribution in [0.15, 0.2) is 35.2 Å². The Balaban J connectivity index is 1.85. The number of benzene rings is 2. The van der Waals surface area contributed by atoms with Gasteiger partial charge in [0.2, 0.25) is 0 Å². The molecule has 5 nitrogen and oxygen atoms in total. The molecule has 0 aliphatic heterocycles. The van der Waals surface area contributed by atoms with Gasteiger partial charge in [-0.25, -0.2) is 8.42 Å². The number of aromatic nitrogens is 1. The standard InChI is InChI=1S/C22H24N2O3S/c1-4-15-11-16-19(23-18-9-6-10-20(25)22(16)18)12-21(15)28(26,27)24-17-8-5-7-13(2)14(17)3/h5,7-8,11-12,23-24H,4,6,9-10H2,1-3H3. The number of anilines is 1. The highest BCUT2D eigenvalue weighted by Crippen LogP contribution is 2.33. The summed E-state index contributed by atoms with van der Waals surface area (Å²) in [6.45, 7) is 5.79. The average Bonchev–Trinajstić information content (AvgIpc) is 3.03. The SMILES string of the molecule is CCc1cc2c3c([nH]c2cc1S(=O)(=O)Nc1cccc(C)c1C)CCCC3=O. The molecule has 1 aliphatic rings. The second kappa shape index (κ2) is 6.78. The molecule has 0 saturated heterocycles. The fraction of sp³-hybridized carbons (Fsp3) is 0.318. The Kier molecular flexibility index (Phi) is 4.54. The Morgan fingerprint density at radius 1 is 1.14 bits per heavy atom. The highest BCUT2D eigenvalue weighted by atomic mass is 32.2. The zero-order valence-electron chi connectivity index (χ0n) is 16.3. The van der Waals surface area contributed by atoms with Crippen LogP contribution in [0, 0.1) is 13.8 Å². The number of ketones is 1. The summed E-state index contributed by atoms with van der Waals surface area (Å²) < 4.78 is 29.2. The second-order valence-corrected chi connectivity index (χ2v) is 9.12. The van der Waals surface area contributed by atoms with Crippen molar-refractivity contribution in [2.45, 2.75) is 51.3 Å². The van der Waals surface area contributed by atoms with Crippen LogP contribution in [0.3, 0.4) is 0 Å². The van der Waals surface area contributed by atoms with Crippen LogP contribution in [0.2, 0.25) is 0 Å². The first-order chi connectivity index (χ1) is 13.3. The van der Waals surface area contributed by atoms with E-state index >= 15 is 0 Å². The normalized spacial score (nSPS) is 14.3. The molecule has 2 N–H and O–H groups in total. The molecule has 0 radical (unpaired) electrons. The smallest absolute Gasteiger partial charge is 0.262 e. The first-order valence-corrected chi connectivity index (χ1v) is 11.1. The van der Waals surface area contributed by atoms with Crippen LogP contribution in [0.25, 0.3) is 10.9 Å². The number of hydrogen-bond acceptors (Lipinski definition) is 3. The lowest BCUT2D eigenvalue weighted by Crippen LogP contribution is -2.16. The van der Waals surface area contributed by atoms with Gasteiger partial charge in [-0.2, -0.15) is 0 Å². The van der Waals surface area contributed by atoms with Crippen molar-refractivity contribution in [3.63, 3.8) is 0 Å². The monoisotopic (exact) mass is 396 g/mol. The second-order valence-electron chi connectivity index (χ2n) is 7.47. The first kappa shape index (κ1) is 18.7. The summed E-state index contributed by atoms with van der Waals surface area (Å²) in [5.41, 5.74) is 5.60. The Morgan fingerprint density at radius 2 is 1.93 bits per heavy atom. The zero-order valence-corrected chi connectivity index (χ0v) is 17.2. The van der Waals surface area contributed by atoms with E-state index in [2.05, 4.69) is 9.71 Å². The number of carbonyl (C=O) groups is 1. The predicted molar refractivity (Wildman–Crippen MR) is 112 cm³/mol. The molecule has 0 spiro atoms. The van der Waals surface area contributed by atoms with Gasteiger partial charge in [0.05, 0.1) is 10.6 Å². The third kappa shape index (κ3) is 3.02. The molecule has 146 valence electrons. The van der Waals surface area contributed by atoms with Crippen molar-refractivity contribution in [3.8, 4) is 0 Å². The fourth-order valence-corrected chi connectivity index (χ4v) is 5.41. The zero-order chi connectivity index (χ0) is 20.1. The van der Waals surface area contributed by atoms with Crippen molar-refractivity contribution >= 4 is 32.4 Å². The highest BCUT2D eigenvalue weighted by Gasteiger charge is 2.26. The quantitative estimate of drug-likeness (QED) is 0.673. The van der Waals surface area contributed by atoms with Crippen molar-refractivity contribution in [1.29, 1.82) is 0 Å². The molecule has 0 fully saturated rings. The predicted octanol–water partition coefficient (Wildman–Crippen LogP) is 4.67. The summed E-state index contributed by atoms with van der Waals surface area (Å²) >= 11 is 0. The maximum absolute atomic E-state index is 13.2. The van der Waals surface area contributed by atoms with Crippen LogP contribution >= 0.6 is 0 Å². The third-order valence-electron chi connectivity index (χ3n) is 5.69. The van der Waals surface area contributed by atoms with E-state index in [0.717, 1.165) is 40.6 Å². The summed E-state index contributed by atoms with van der Waals surface area (Å²) in [7, 11) is -3.76. The third-order valence-corrected chi connectivity index (χ3v) is 7.13. The Labute approximate surface area is 165 Å². The number of aryl methyl sites for hydroxylation is 3. The molecule has 1 aromatic heterocycles. The van der Waals surface area contributed by atoms with E-state index in [4.69, 9.17) is 0 Å². The van der Waals surface area contributed by atoms with E-state index in [1.165, 1.54) is 0 Å². The van der Waals surface area contributed by atoms with Gasteiger partial charge >= 0.3 is 0 Å². The van der Waals surface area contributed by atoms with E-state index in [9.17, 15) is 13.2 Å². The van der Waals surface area contributed by atoms with Gasteiger partial charge in [-0.3, -0.25) is 9.52 Å². The Hall–Kier alpha value is -2.60. The van der Waals surface area contributed by atoms with Gasteiger partial charge in [0.1, 0.15) is 0 Å². The Bertz CT molecular complexity index is 1210. The minimum atomic E-state index is -3.76. The summed E-state index contributed by atoms with van der Waals surface area (Å²) in [6.07, 6.45) is 2.77. The minimum absolute atomic E-state index is 0.138. The number of aromatic amines is 1. The molecule has 1 heterocycles. The maximum atomic E-state index is 13.2. The number of rotatable bonds is 4. The molecule has 0 unspecified atom stereocenters. The molecular formula is C22H24N2O3S. The summed E-state index contributed by atoms with van der Waals surface area (Å²) in [5, 5.41) is 0.835. The molecule has 28 heavy (non-hydrogen) atoms. The molecule has 0 atom stereocenters. The van der Waals surface area contributed by atoms with Crippen LogP contribution in [-0.4, -0.2) is 19.2 Å². The van der Waals surface area contributed by atoms with Crippen LogP contribution < -0.4 is 4.72 Å². The number of carbonyl (C=O) groups excluding carboxylic acids is 1. The van der Waals surface area contributed by atoms with E-state index in [-0.39, 0.29) is 10.7 Å².